The zero-order valence-corrected chi connectivity index (χ0v) is 12.5. The minimum atomic E-state index is 0.0501. The van der Waals surface area contributed by atoms with Crippen molar-refractivity contribution < 1.29 is 19.0 Å². The van der Waals surface area contributed by atoms with Crippen LogP contribution in [0.15, 0.2) is 24.3 Å². The lowest BCUT2D eigenvalue weighted by Crippen LogP contribution is -2.31. The third kappa shape index (κ3) is 5.27. The molecule has 1 heterocycles. The van der Waals surface area contributed by atoms with Crippen LogP contribution in [-0.4, -0.2) is 38.9 Å². The van der Waals surface area contributed by atoms with Crippen LogP contribution >= 0.6 is 0 Å². The van der Waals surface area contributed by atoms with Crippen molar-refractivity contribution >= 4 is 5.91 Å². The topological polar surface area (TPSA) is 56.8 Å². The molecule has 5 heteroatoms. The van der Waals surface area contributed by atoms with E-state index in [1.807, 2.05) is 24.3 Å². The summed E-state index contributed by atoms with van der Waals surface area (Å²) >= 11 is 0. The highest BCUT2D eigenvalue weighted by Crippen LogP contribution is 2.25. The average molecular weight is 293 g/mol. The SMILES string of the molecule is COc1ccccc1OCCCC(=O)NCC1CCCO1. The highest BCUT2D eigenvalue weighted by Gasteiger charge is 2.15. The molecule has 1 aromatic rings. The van der Waals surface area contributed by atoms with Crippen LogP contribution in [0.5, 0.6) is 11.5 Å². The smallest absolute Gasteiger partial charge is 0.220 e. The Hall–Kier alpha value is -1.75. The molecule has 0 aliphatic carbocycles. The van der Waals surface area contributed by atoms with Crippen LogP contribution in [0, 0.1) is 0 Å². The number of ether oxygens (including phenoxy) is 3. The molecule has 1 atom stereocenters. The predicted octanol–water partition coefficient (Wildman–Crippen LogP) is 2.15. The fourth-order valence-corrected chi connectivity index (χ4v) is 2.27. The molecular formula is C16H23NO4. The largest absolute Gasteiger partial charge is 0.493 e. The van der Waals surface area contributed by atoms with Crippen molar-refractivity contribution in [3.05, 3.63) is 24.3 Å². The Morgan fingerprint density at radius 1 is 1.38 bits per heavy atom. The highest BCUT2D eigenvalue weighted by atomic mass is 16.5. The van der Waals surface area contributed by atoms with Gasteiger partial charge in [-0.1, -0.05) is 12.1 Å². The minimum Gasteiger partial charge on any atom is -0.493 e. The van der Waals surface area contributed by atoms with Crippen LogP contribution in [0.4, 0.5) is 0 Å². The first kappa shape index (κ1) is 15.6. The van der Waals surface area contributed by atoms with Crippen molar-refractivity contribution in [3.63, 3.8) is 0 Å². The summed E-state index contributed by atoms with van der Waals surface area (Å²) < 4.78 is 16.3. The number of hydrogen-bond acceptors (Lipinski definition) is 4. The van der Waals surface area contributed by atoms with Gasteiger partial charge in [-0.3, -0.25) is 4.79 Å². The first-order valence-corrected chi connectivity index (χ1v) is 7.43. The molecule has 0 spiro atoms. The fourth-order valence-electron chi connectivity index (χ4n) is 2.27. The average Bonchev–Trinajstić information content (AvgIpc) is 3.03. The Labute approximate surface area is 125 Å². The summed E-state index contributed by atoms with van der Waals surface area (Å²) in [5.41, 5.74) is 0. The van der Waals surface area contributed by atoms with Gasteiger partial charge >= 0.3 is 0 Å². The molecule has 0 radical (unpaired) electrons. The van der Waals surface area contributed by atoms with E-state index in [1.165, 1.54) is 0 Å². The lowest BCUT2D eigenvalue weighted by atomic mass is 10.2. The van der Waals surface area contributed by atoms with Gasteiger partial charge in [0.1, 0.15) is 0 Å². The number of methoxy groups -OCH3 is 1. The number of amides is 1. The fraction of sp³-hybridized carbons (Fsp3) is 0.562. The van der Waals surface area contributed by atoms with E-state index >= 15 is 0 Å². The third-order valence-corrected chi connectivity index (χ3v) is 3.43. The monoisotopic (exact) mass is 293 g/mol. The van der Waals surface area contributed by atoms with E-state index in [0.717, 1.165) is 19.4 Å². The van der Waals surface area contributed by atoms with Gasteiger partial charge in [0.15, 0.2) is 11.5 Å². The standard InChI is InChI=1S/C16H23NO4/c1-19-14-7-2-3-8-15(14)21-11-5-9-16(18)17-12-13-6-4-10-20-13/h2-3,7-8,13H,4-6,9-12H2,1H3,(H,17,18). The molecule has 5 nitrogen and oxygen atoms in total. The van der Waals surface area contributed by atoms with E-state index in [2.05, 4.69) is 5.32 Å². The number of carbonyl (C=O) groups is 1. The van der Waals surface area contributed by atoms with Gasteiger partial charge in [-0.15, -0.1) is 0 Å². The van der Waals surface area contributed by atoms with Gasteiger partial charge in [0.05, 0.1) is 19.8 Å². The van der Waals surface area contributed by atoms with E-state index in [1.54, 1.807) is 7.11 Å². The molecule has 116 valence electrons. The Bertz CT molecular complexity index is 444. The highest BCUT2D eigenvalue weighted by molar-refractivity contribution is 5.75. The number of carbonyl (C=O) groups excluding carboxylic acids is 1. The number of para-hydroxylation sites is 2. The summed E-state index contributed by atoms with van der Waals surface area (Å²) in [5.74, 6) is 1.47. The molecule has 1 N–H and O–H groups in total. The molecule has 1 aliphatic rings. The van der Waals surface area contributed by atoms with Crippen LogP contribution in [0.1, 0.15) is 25.7 Å². The Balaban J connectivity index is 1.59. The molecule has 1 aliphatic heterocycles. The summed E-state index contributed by atoms with van der Waals surface area (Å²) in [6, 6.07) is 7.50. The van der Waals surface area contributed by atoms with Crippen molar-refractivity contribution in [2.75, 3.05) is 26.9 Å². The number of nitrogens with one attached hydrogen (secondary N) is 1. The zero-order chi connectivity index (χ0) is 14.9. The summed E-state index contributed by atoms with van der Waals surface area (Å²) in [4.78, 5) is 11.7. The van der Waals surface area contributed by atoms with Crippen LogP contribution in [0.3, 0.4) is 0 Å². The van der Waals surface area contributed by atoms with Crippen molar-refractivity contribution in [2.24, 2.45) is 0 Å². The molecule has 1 saturated heterocycles. The van der Waals surface area contributed by atoms with Gasteiger partial charge in [0.2, 0.25) is 5.91 Å². The van der Waals surface area contributed by atoms with Crippen molar-refractivity contribution in [1.29, 1.82) is 0 Å². The van der Waals surface area contributed by atoms with Crippen molar-refractivity contribution in [3.8, 4) is 11.5 Å². The molecule has 1 unspecified atom stereocenters. The second-order valence-corrected chi connectivity index (χ2v) is 5.04. The molecule has 0 saturated carbocycles. The van der Waals surface area contributed by atoms with Gasteiger partial charge < -0.3 is 19.5 Å². The lowest BCUT2D eigenvalue weighted by molar-refractivity contribution is -0.121. The van der Waals surface area contributed by atoms with E-state index in [-0.39, 0.29) is 12.0 Å². The second kappa shape index (κ2) is 8.52. The van der Waals surface area contributed by atoms with Gasteiger partial charge in [0, 0.05) is 19.6 Å². The normalized spacial score (nSPS) is 17.5. The Morgan fingerprint density at radius 3 is 2.90 bits per heavy atom. The molecule has 1 fully saturated rings. The predicted molar refractivity (Wildman–Crippen MR) is 79.7 cm³/mol. The van der Waals surface area contributed by atoms with Crippen LogP contribution in [0.25, 0.3) is 0 Å². The number of benzene rings is 1. The van der Waals surface area contributed by atoms with Crippen molar-refractivity contribution in [1.82, 2.24) is 5.32 Å². The molecule has 0 bridgehead atoms. The van der Waals surface area contributed by atoms with E-state index < -0.39 is 0 Å². The third-order valence-electron chi connectivity index (χ3n) is 3.43. The van der Waals surface area contributed by atoms with E-state index in [4.69, 9.17) is 14.2 Å². The van der Waals surface area contributed by atoms with Crippen LogP contribution in [0.2, 0.25) is 0 Å². The van der Waals surface area contributed by atoms with Crippen LogP contribution in [-0.2, 0) is 9.53 Å². The Morgan fingerprint density at radius 2 is 2.19 bits per heavy atom. The summed E-state index contributed by atoms with van der Waals surface area (Å²) in [5, 5.41) is 2.90. The summed E-state index contributed by atoms with van der Waals surface area (Å²) in [6.07, 6.45) is 3.46. The number of hydrogen-bond donors (Lipinski definition) is 1. The quantitative estimate of drug-likeness (QED) is 0.746. The maximum absolute atomic E-state index is 11.7. The maximum atomic E-state index is 11.7. The van der Waals surface area contributed by atoms with E-state index in [9.17, 15) is 4.79 Å². The molecule has 0 aromatic heterocycles. The molecule has 21 heavy (non-hydrogen) atoms. The lowest BCUT2D eigenvalue weighted by Gasteiger charge is -2.12. The summed E-state index contributed by atoms with van der Waals surface area (Å²) in [6.45, 7) is 1.92. The van der Waals surface area contributed by atoms with Crippen LogP contribution < -0.4 is 14.8 Å². The molecule has 1 amide bonds. The van der Waals surface area contributed by atoms with Gasteiger partial charge in [-0.2, -0.15) is 0 Å². The first-order chi connectivity index (χ1) is 10.3. The zero-order valence-electron chi connectivity index (χ0n) is 12.5. The van der Waals surface area contributed by atoms with Crippen molar-refractivity contribution in [2.45, 2.75) is 31.8 Å². The first-order valence-electron chi connectivity index (χ1n) is 7.43. The van der Waals surface area contributed by atoms with E-state index in [0.29, 0.717) is 37.5 Å². The minimum absolute atomic E-state index is 0.0501. The maximum Gasteiger partial charge on any atom is 0.220 e. The van der Waals surface area contributed by atoms with Gasteiger partial charge in [0.25, 0.3) is 0 Å². The molecule has 2 rings (SSSR count). The van der Waals surface area contributed by atoms with Gasteiger partial charge in [-0.05, 0) is 31.4 Å². The Kier molecular flexibility index (Phi) is 6.34. The van der Waals surface area contributed by atoms with Gasteiger partial charge in [-0.25, -0.2) is 0 Å². The second-order valence-electron chi connectivity index (χ2n) is 5.04. The number of rotatable bonds is 8. The molecular weight excluding hydrogens is 270 g/mol. The summed E-state index contributed by atoms with van der Waals surface area (Å²) in [7, 11) is 1.61. The molecule has 1 aromatic carbocycles.